The number of rotatable bonds is 3. The zero-order valence-electron chi connectivity index (χ0n) is 9.42. The Morgan fingerprint density at radius 2 is 2.00 bits per heavy atom. The van der Waals surface area contributed by atoms with Crippen molar-refractivity contribution in [3.63, 3.8) is 0 Å². The van der Waals surface area contributed by atoms with E-state index in [4.69, 9.17) is 0 Å². The van der Waals surface area contributed by atoms with Gasteiger partial charge in [-0.15, -0.1) is 0 Å². The molecule has 1 rings (SSSR count). The molecule has 1 fully saturated rings. The number of hydrogen-bond donors (Lipinski definition) is 1. The zero-order chi connectivity index (χ0) is 10.6. The van der Waals surface area contributed by atoms with Gasteiger partial charge in [-0.05, 0) is 14.1 Å². The minimum Gasteiger partial charge on any atom is -0.340 e. The van der Waals surface area contributed by atoms with Crippen molar-refractivity contribution in [3.8, 4) is 0 Å². The number of nitrogens with zero attached hydrogens (tertiary/aromatic N) is 2. The Morgan fingerprint density at radius 3 is 2.50 bits per heavy atom. The van der Waals surface area contributed by atoms with Crippen LogP contribution in [-0.4, -0.2) is 62.5 Å². The van der Waals surface area contributed by atoms with Crippen molar-refractivity contribution >= 4 is 5.91 Å². The molecule has 82 valence electrons. The fourth-order valence-electron chi connectivity index (χ4n) is 1.82. The van der Waals surface area contributed by atoms with Crippen molar-refractivity contribution in [1.82, 2.24) is 15.1 Å². The number of nitrogens with one attached hydrogen (secondary N) is 1. The Bertz CT molecular complexity index is 188. The van der Waals surface area contributed by atoms with Crippen molar-refractivity contribution in [2.75, 3.05) is 46.8 Å². The molecule has 4 heteroatoms. The lowest BCUT2D eigenvalue weighted by molar-refractivity contribution is -0.136. The molecule has 1 atom stereocenters. The lowest BCUT2D eigenvalue weighted by Gasteiger charge is -2.30. The van der Waals surface area contributed by atoms with Gasteiger partial charge in [-0.3, -0.25) is 4.79 Å². The van der Waals surface area contributed by atoms with Crippen LogP contribution in [0.3, 0.4) is 0 Å². The first-order valence-corrected chi connectivity index (χ1v) is 5.25. The summed E-state index contributed by atoms with van der Waals surface area (Å²) in [5.41, 5.74) is 0. The van der Waals surface area contributed by atoms with Crippen LogP contribution < -0.4 is 5.32 Å². The zero-order valence-corrected chi connectivity index (χ0v) is 9.42. The molecule has 4 nitrogen and oxygen atoms in total. The molecule has 0 aromatic carbocycles. The van der Waals surface area contributed by atoms with Crippen LogP contribution in [0.25, 0.3) is 0 Å². The number of amides is 1. The predicted octanol–water partition coefficient (Wildman–Crippen LogP) is -0.384. The third-order valence-corrected chi connectivity index (χ3v) is 2.49. The lowest BCUT2D eigenvalue weighted by atomic mass is 10.1. The van der Waals surface area contributed by atoms with Crippen molar-refractivity contribution < 1.29 is 4.79 Å². The second-order valence-corrected chi connectivity index (χ2v) is 4.24. The molecular formula is C10H21N3O. The smallest absolute Gasteiger partial charge is 0.226 e. The Morgan fingerprint density at radius 1 is 1.43 bits per heavy atom. The van der Waals surface area contributed by atoms with Crippen molar-refractivity contribution in [1.29, 1.82) is 0 Å². The van der Waals surface area contributed by atoms with Gasteiger partial charge in [0.15, 0.2) is 0 Å². The van der Waals surface area contributed by atoms with Crippen molar-refractivity contribution in [2.45, 2.75) is 6.92 Å². The predicted molar refractivity (Wildman–Crippen MR) is 57.2 cm³/mol. The van der Waals surface area contributed by atoms with Crippen LogP contribution in [0.15, 0.2) is 0 Å². The second kappa shape index (κ2) is 5.32. The maximum Gasteiger partial charge on any atom is 0.226 e. The summed E-state index contributed by atoms with van der Waals surface area (Å²) >= 11 is 0. The minimum absolute atomic E-state index is 0.114. The molecule has 1 N–H and O–H groups in total. The molecule has 0 spiro atoms. The summed E-state index contributed by atoms with van der Waals surface area (Å²) in [7, 11) is 4.00. The van der Waals surface area contributed by atoms with Gasteiger partial charge in [-0.1, -0.05) is 6.92 Å². The van der Waals surface area contributed by atoms with Crippen LogP contribution in [0.1, 0.15) is 6.92 Å². The highest BCUT2D eigenvalue weighted by Gasteiger charge is 2.21. The summed E-state index contributed by atoms with van der Waals surface area (Å²) in [5.74, 6) is 0.406. The van der Waals surface area contributed by atoms with Crippen LogP contribution in [0.2, 0.25) is 0 Å². The van der Waals surface area contributed by atoms with Gasteiger partial charge in [0.05, 0.1) is 0 Å². The van der Waals surface area contributed by atoms with Gasteiger partial charge in [0.25, 0.3) is 0 Å². The van der Waals surface area contributed by atoms with Crippen molar-refractivity contribution in [3.05, 3.63) is 0 Å². The van der Waals surface area contributed by atoms with Gasteiger partial charge in [-0.2, -0.15) is 0 Å². The summed E-state index contributed by atoms with van der Waals surface area (Å²) in [4.78, 5) is 15.9. The van der Waals surface area contributed by atoms with E-state index in [9.17, 15) is 4.79 Å². The summed E-state index contributed by atoms with van der Waals surface area (Å²) in [5, 5.41) is 3.24. The van der Waals surface area contributed by atoms with E-state index in [0.717, 1.165) is 32.7 Å². The maximum atomic E-state index is 11.9. The quantitative estimate of drug-likeness (QED) is 0.673. The summed E-state index contributed by atoms with van der Waals surface area (Å²) in [6.45, 7) is 6.42. The first-order chi connectivity index (χ1) is 6.61. The molecule has 1 aliphatic heterocycles. The molecule has 14 heavy (non-hydrogen) atoms. The Kier molecular flexibility index (Phi) is 4.35. The molecule has 0 aromatic heterocycles. The SMILES string of the molecule is CC(CN(C)C)C(=O)N1CCNCC1. The second-order valence-electron chi connectivity index (χ2n) is 4.24. The first kappa shape index (κ1) is 11.5. The molecule has 0 radical (unpaired) electrons. The van der Waals surface area contributed by atoms with E-state index in [1.165, 1.54) is 0 Å². The van der Waals surface area contributed by atoms with E-state index in [1.807, 2.05) is 25.9 Å². The van der Waals surface area contributed by atoms with Gasteiger partial charge >= 0.3 is 0 Å². The van der Waals surface area contributed by atoms with Crippen molar-refractivity contribution in [2.24, 2.45) is 5.92 Å². The highest BCUT2D eigenvalue weighted by atomic mass is 16.2. The van der Waals surface area contributed by atoms with E-state index in [1.54, 1.807) is 0 Å². The molecule has 0 aromatic rings. The molecule has 1 amide bonds. The molecule has 0 aliphatic carbocycles. The van der Waals surface area contributed by atoms with Gasteiger partial charge in [0, 0.05) is 38.6 Å². The lowest BCUT2D eigenvalue weighted by Crippen LogP contribution is -2.49. The summed E-state index contributed by atoms with van der Waals surface area (Å²) in [6, 6.07) is 0. The molecule has 0 bridgehead atoms. The Hall–Kier alpha value is -0.610. The fraction of sp³-hybridized carbons (Fsp3) is 0.900. The van der Waals surface area contributed by atoms with E-state index in [2.05, 4.69) is 10.2 Å². The summed E-state index contributed by atoms with van der Waals surface area (Å²) < 4.78 is 0. The average molecular weight is 199 g/mol. The molecular weight excluding hydrogens is 178 g/mol. The summed E-state index contributed by atoms with van der Waals surface area (Å²) in [6.07, 6.45) is 0. The van der Waals surface area contributed by atoms with E-state index in [-0.39, 0.29) is 5.92 Å². The van der Waals surface area contributed by atoms with Crippen LogP contribution in [0.4, 0.5) is 0 Å². The largest absolute Gasteiger partial charge is 0.340 e. The van der Waals surface area contributed by atoms with Crippen LogP contribution in [-0.2, 0) is 4.79 Å². The number of hydrogen-bond acceptors (Lipinski definition) is 3. The van der Waals surface area contributed by atoms with Crippen LogP contribution >= 0.6 is 0 Å². The Labute approximate surface area is 86.2 Å². The molecule has 1 unspecified atom stereocenters. The third kappa shape index (κ3) is 3.27. The molecule has 1 heterocycles. The van der Waals surface area contributed by atoms with Gasteiger partial charge < -0.3 is 15.1 Å². The van der Waals surface area contributed by atoms with E-state index in [0.29, 0.717) is 5.91 Å². The normalized spacial score (nSPS) is 19.9. The standard InChI is InChI=1S/C10H21N3O/c1-9(8-12(2)3)10(14)13-6-4-11-5-7-13/h9,11H,4-8H2,1-3H3. The molecule has 1 saturated heterocycles. The molecule has 1 aliphatic rings. The minimum atomic E-state index is 0.114. The van der Waals surface area contributed by atoms with E-state index >= 15 is 0 Å². The number of carbonyl (C=O) groups excluding carboxylic acids is 1. The fourth-order valence-corrected chi connectivity index (χ4v) is 1.82. The third-order valence-electron chi connectivity index (χ3n) is 2.49. The number of carbonyl (C=O) groups is 1. The first-order valence-electron chi connectivity index (χ1n) is 5.25. The van der Waals surface area contributed by atoms with Crippen LogP contribution in [0.5, 0.6) is 0 Å². The highest BCUT2D eigenvalue weighted by molar-refractivity contribution is 5.78. The maximum absolute atomic E-state index is 11.9. The molecule has 0 saturated carbocycles. The number of piperazine rings is 1. The average Bonchev–Trinajstić information content (AvgIpc) is 2.17. The monoisotopic (exact) mass is 199 g/mol. The Balaban J connectivity index is 2.38. The van der Waals surface area contributed by atoms with E-state index < -0.39 is 0 Å². The van der Waals surface area contributed by atoms with Gasteiger partial charge in [0.1, 0.15) is 0 Å². The van der Waals surface area contributed by atoms with Crippen LogP contribution in [0, 0.1) is 5.92 Å². The van der Waals surface area contributed by atoms with Gasteiger partial charge in [-0.25, -0.2) is 0 Å². The van der Waals surface area contributed by atoms with Gasteiger partial charge in [0.2, 0.25) is 5.91 Å². The topological polar surface area (TPSA) is 35.6 Å². The highest BCUT2D eigenvalue weighted by Crippen LogP contribution is 2.04.